The van der Waals surface area contributed by atoms with Crippen LogP contribution in [0.1, 0.15) is 28.2 Å². The number of aryl methyl sites for hydroxylation is 1. The number of nitrogens with one attached hydrogen (secondary N) is 1. The van der Waals surface area contributed by atoms with Crippen molar-refractivity contribution < 1.29 is 13.2 Å². The molecule has 33 heavy (non-hydrogen) atoms. The molecule has 6 nitrogen and oxygen atoms in total. The molecule has 0 saturated carbocycles. The average Bonchev–Trinajstić information content (AvgIpc) is 3.16. The van der Waals surface area contributed by atoms with Crippen LogP contribution in [0.2, 0.25) is 0 Å². The van der Waals surface area contributed by atoms with Gasteiger partial charge in [0.15, 0.2) is 5.82 Å². The van der Waals surface area contributed by atoms with Crippen LogP contribution >= 0.6 is 0 Å². The first kappa shape index (κ1) is 21.2. The molecule has 5 rings (SSSR count). The first-order valence-corrected chi connectivity index (χ1v) is 10.7. The van der Waals surface area contributed by atoms with E-state index in [9.17, 15) is 13.2 Å². The SMILES string of the molecule is Cc1cn2c(n1)CN(c1ccc3cnnc(NCc4cccc(C(F)(F)F)c4C)c3c1)CC2. The number of fused-ring (bicyclic) bond motifs is 2. The first-order valence-electron chi connectivity index (χ1n) is 10.7. The molecule has 3 heterocycles. The molecule has 1 aliphatic rings. The number of aromatic nitrogens is 4. The number of hydrogen-bond acceptors (Lipinski definition) is 5. The maximum atomic E-state index is 13.3. The van der Waals surface area contributed by atoms with Crippen LogP contribution in [0.25, 0.3) is 10.8 Å². The fourth-order valence-electron chi connectivity index (χ4n) is 4.37. The van der Waals surface area contributed by atoms with Crippen LogP contribution in [-0.4, -0.2) is 26.3 Å². The summed E-state index contributed by atoms with van der Waals surface area (Å²) >= 11 is 0. The summed E-state index contributed by atoms with van der Waals surface area (Å²) < 4.78 is 42.0. The van der Waals surface area contributed by atoms with E-state index < -0.39 is 11.7 Å². The van der Waals surface area contributed by atoms with Crippen LogP contribution in [0.5, 0.6) is 0 Å². The van der Waals surface area contributed by atoms with Crippen LogP contribution in [0.3, 0.4) is 0 Å². The maximum Gasteiger partial charge on any atom is 0.416 e. The molecule has 4 aromatic rings. The normalized spacial score (nSPS) is 13.9. The molecule has 0 saturated heterocycles. The zero-order valence-corrected chi connectivity index (χ0v) is 18.3. The molecule has 0 aliphatic carbocycles. The van der Waals surface area contributed by atoms with Crippen molar-refractivity contribution in [3.63, 3.8) is 0 Å². The Labute approximate surface area is 189 Å². The zero-order chi connectivity index (χ0) is 23.2. The second kappa shape index (κ2) is 8.06. The Balaban J connectivity index is 1.42. The molecular formula is C24H23F3N6. The third-order valence-corrected chi connectivity index (χ3v) is 6.13. The van der Waals surface area contributed by atoms with Gasteiger partial charge in [-0.15, -0.1) is 5.10 Å². The molecule has 0 unspecified atom stereocenters. The number of rotatable bonds is 4. The highest BCUT2D eigenvalue weighted by Gasteiger charge is 2.32. The van der Waals surface area contributed by atoms with Gasteiger partial charge >= 0.3 is 6.18 Å². The molecule has 1 N–H and O–H groups in total. The van der Waals surface area contributed by atoms with Gasteiger partial charge in [0.05, 0.1) is 24.0 Å². The van der Waals surface area contributed by atoms with Crippen molar-refractivity contribution in [3.05, 3.63) is 77.0 Å². The van der Waals surface area contributed by atoms with Crippen molar-refractivity contribution in [1.82, 2.24) is 19.7 Å². The first-order chi connectivity index (χ1) is 15.8. The molecule has 0 amide bonds. The molecule has 9 heteroatoms. The minimum Gasteiger partial charge on any atom is -0.364 e. The highest BCUT2D eigenvalue weighted by Crippen LogP contribution is 2.33. The van der Waals surface area contributed by atoms with Gasteiger partial charge in [0.2, 0.25) is 0 Å². The van der Waals surface area contributed by atoms with Gasteiger partial charge in [0.25, 0.3) is 0 Å². The van der Waals surface area contributed by atoms with Gasteiger partial charge in [-0.3, -0.25) is 0 Å². The van der Waals surface area contributed by atoms with Crippen molar-refractivity contribution in [2.24, 2.45) is 0 Å². The van der Waals surface area contributed by atoms with Gasteiger partial charge in [-0.1, -0.05) is 18.2 Å². The van der Waals surface area contributed by atoms with Crippen LogP contribution in [0.4, 0.5) is 24.7 Å². The lowest BCUT2D eigenvalue weighted by atomic mass is 10.0. The minimum absolute atomic E-state index is 0.213. The Morgan fingerprint density at radius 2 is 1.94 bits per heavy atom. The topological polar surface area (TPSA) is 58.9 Å². The number of alkyl halides is 3. The van der Waals surface area contributed by atoms with Crippen LogP contribution < -0.4 is 10.2 Å². The van der Waals surface area contributed by atoms with E-state index in [0.29, 0.717) is 17.9 Å². The van der Waals surface area contributed by atoms with E-state index in [2.05, 4.69) is 48.3 Å². The van der Waals surface area contributed by atoms with Crippen LogP contribution in [0.15, 0.2) is 48.8 Å². The zero-order valence-electron chi connectivity index (χ0n) is 18.3. The molecule has 2 aromatic heterocycles. The molecule has 0 spiro atoms. The third kappa shape index (κ3) is 4.10. The van der Waals surface area contributed by atoms with Crippen molar-refractivity contribution in [2.75, 3.05) is 16.8 Å². The molecular weight excluding hydrogens is 429 g/mol. The molecule has 2 aromatic carbocycles. The molecule has 170 valence electrons. The second-order valence-corrected chi connectivity index (χ2v) is 8.32. The van der Waals surface area contributed by atoms with E-state index in [0.717, 1.165) is 47.1 Å². The van der Waals surface area contributed by atoms with Gasteiger partial charge in [-0.25, -0.2) is 4.98 Å². The monoisotopic (exact) mass is 452 g/mol. The van der Waals surface area contributed by atoms with E-state index in [-0.39, 0.29) is 12.1 Å². The quantitative estimate of drug-likeness (QED) is 0.467. The number of halogens is 3. The van der Waals surface area contributed by atoms with Crippen LogP contribution in [-0.2, 0) is 25.8 Å². The van der Waals surface area contributed by atoms with E-state index in [1.165, 1.54) is 13.0 Å². The third-order valence-electron chi connectivity index (χ3n) is 6.13. The highest BCUT2D eigenvalue weighted by molar-refractivity contribution is 5.93. The van der Waals surface area contributed by atoms with E-state index in [4.69, 9.17) is 0 Å². The second-order valence-electron chi connectivity index (χ2n) is 8.32. The van der Waals surface area contributed by atoms with Gasteiger partial charge in [0, 0.05) is 42.3 Å². The van der Waals surface area contributed by atoms with E-state index in [1.54, 1.807) is 12.3 Å². The Morgan fingerprint density at radius 1 is 1.09 bits per heavy atom. The molecule has 1 aliphatic heterocycles. The standard InChI is InChI=1S/C24H23F3N6/c1-15-13-33-9-8-32(14-22(33)30-15)19-7-6-18-12-29-31-23(20(18)10-19)28-11-17-4-3-5-21(16(17)2)24(25,26)27/h3-7,10,12-13H,8-9,11,14H2,1-2H3,(H,28,31). The smallest absolute Gasteiger partial charge is 0.364 e. The molecule has 0 radical (unpaired) electrons. The van der Waals surface area contributed by atoms with Gasteiger partial charge < -0.3 is 14.8 Å². The highest BCUT2D eigenvalue weighted by atomic mass is 19.4. The summed E-state index contributed by atoms with van der Waals surface area (Å²) in [6.07, 6.45) is -0.623. The summed E-state index contributed by atoms with van der Waals surface area (Å²) in [5, 5.41) is 13.3. The van der Waals surface area contributed by atoms with Gasteiger partial charge in [-0.2, -0.15) is 18.3 Å². The summed E-state index contributed by atoms with van der Waals surface area (Å²) in [5.41, 5.74) is 2.22. The molecule has 0 atom stereocenters. The minimum atomic E-state index is -4.38. The number of nitrogens with zero attached hydrogens (tertiary/aromatic N) is 5. The Hall–Kier alpha value is -3.62. The summed E-state index contributed by atoms with van der Waals surface area (Å²) in [7, 11) is 0. The fourth-order valence-corrected chi connectivity index (χ4v) is 4.37. The lowest BCUT2D eigenvalue weighted by molar-refractivity contribution is -0.138. The van der Waals surface area contributed by atoms with Gasteiger partial charge in [0.1, 0.15) is 5.82 Å². The Morgan fingerprint density at radius 3 is 2.76 bits per heavy atom. The molecule has 0 bridgehead atoms. The maximum absolute atomic E-state index is 13.3. The number of hydrogen-bond donors (Lipinski definition) is 1. The number of benzene rings is 2. The van der Waals surface area contributed by atoms with Crippen molar-refractivity contribution >= 4 is 22.3 Å². The van der Waals surface area contributed by atoms with E-state index in [1.807, 2.05) is 13.0 Å². The van der Waals surface area contributed by atoms with Crippen molar-refractivity contribution in [1.29, 1.82) is 0 Å². The molecule has 0 fully saturated rings. The number of imidazole rings is 1. The van der Waals surface area contributed by atoms with Crippen molar-refractivity contribution in [3.8, 4) is 0 Å². The number of anilines is 2. The van der Waals surface area contributed by atoms with Crippen molar-refractivity contribution in [2.45, 2.75) is 39.7 Å². The van der Waals surface area contributed by atoms with Crippen LogP contribution in [0, 0.1) is 13.8 Å². The predicted octanol–water partition coefficient (Wildman–Crippen LogP) is 5.09. The fraction of sp³-hybridized carbons (Fsp3) is 0.292. The van der Waals surface area contributed by atoms with E-state index >= 15 is 0 Å². The lowest BCUT2D eigenvalue weighted by Gasteiger charge is -2.29. The largest absolute Gasteiger partial charge is 0.416 e. The van der Waals surface area contributed by atoms with Gasteiger partial charge in [-0.05, 0) is 43.2 Å². The average molecular weight is 452 g/mol. The Kier molecular flexibility index (Phi) is 5.19. The summed E-state index contributed by atoms with van der Waals surface area (Å²) in [6.45, 7) is 6.14. The summed E-state index contributed by atoms with van der Waals surface area (Å²) in [4.78, 5) is 6.88. The lowest BCUT2D eigenvalue weighted by Crippen LogP contribution is -2.33. The summed E-state index contributed by atoms with van der Waals surface area (Å²) in [6, 6.07) is 10.3. The predicted molar refractivity (Wildman–Crippen MR) is 121 cm³/mol. The summed E-state index contributed by atoms with van der Waals surface area (Å²) in [5.74, 6) is 1.57. The Bertz CT molecular complexity index is 1330.